The van der Waals surface area contributed by atoms with Crippen molar-refractivity contribution in [3.8, 4) is 0 Å². The Bertz CT molecular complexity index is 413. The van der Waals surface area contributed by atoms with Crippen molar-refractivity contribution in [2.24, 2.45) is 11.7 Å². The second kappa shape index (κ2) is 6.28. The van der Waals surface area contributed by atoms with Crippen molar-refractivity contribution in [3.05, 3.63) is 35.9 Å². The van der Waals surface area contributed by atoms with Gasteiger partial charge in [0.15, 0.2) is 0 Å². The fraction of sp³-hybridized carbons (Fsp3) is 0.667. The van der Waals surface area contributed by atoms with Crippen LogP contribution >= 0.6 is 0 Å². The van der Waals surface area contributed by atoms with Crippen molar-refractivity contribution in [1.29, 1.82) is 0 Å². The van der Waals surface area contributed by atoms with Gasteiger partial charge in [0.1, 0.15) is 0 Å². The first kappa shape index (κ1) is 15.5. The average molecular weight is 274 g/mol. The van der Waals surface area contributed by atoms with E-state index in [9.17, 15) is 0 Å². The van der Waals surface area contributed by atoms with Crippen LogP contribution in [0.4, 0.5) is 0 Å². The summed E-state index contributed by atoms with van der Waals surface area (Å²) in [5.41, 5.74) is 7.89. The summed E-state index contributed by atoms with van der Waals surface area (Å²) >= 11 is 0. The third kappa shape index (κ3) is 3.42. The second-order valence-electron chi connectivity index (χ2n) is 7.04. The zero-order valence-corrected chi connectivity index (χ0v) is 13.5. The Morgan fingerprint density at radius 1 is 1.20 bits per heavy atom. The van der Waals surface area contributed by atoms with Crippen molar-refractivity contribution < 1.29 is 0 Å². The van der Waals surface area contributed by atoms with E-state index in [0.717, 1.165) is 19.4 Å². The normalized spacial score (nSPS) is 28.6. The number of piperidine rings is 1. The first-order valence-corrected chi connectivity index (χ1v) is 7.98. The van der Waals surface area contributed by atoms with E-state index in [4.69, 9.17) is 5.73 Å². The molecule has 3 unspecified atom stereocenters. The average Bonchev–Trinajstić information content (AvgIpc) is 2.44. The summed E-state index contributed by atoms with van der Waals surface area (Å²) in [5, 5.41) is 0. The number of hydrogen-bond donors (Lipinski definition) is 1. The Kier molecular flexibility index (Phi) is 4.87. The van der Waals surface area contributed by atoms with Crippen LogP contribution < -0.4 is 5.73 Å². The maximum absolute atomic E-state index is 6.21. The van der Waals surface area contributed by atoms with Crippen LogP contribution in [0.15, 0.2) is 30.3 Å². The molecule has 20 heavy (non-hydrogen) atoms. The van der Waals surface area contributed by atoms with Gasteiger partial charge in [-0.25, -0.2) is 0 Å². The number of hydrogen-bond acceptors (Lipinski definition) is 2. The Morgan fingerprint density at radius 2 is 1.85 bits per heavy atom. The van der Waals surface area contributed by atoms with Gasteiger partial charge in [-0.15, -0.1) is 0 Å². The zero-order valence-electron chi connectivity index (χ0n) is 13.5. The molecule has 0 amide bonds. The molecule has 0 saturated carbocycles. The van der Waals surface area contributed by atoms with E-state index < -0.39 is 0 Å². The molecule has 1 aliphatic rings. The first-order chi connectivity index (χ1) is 9.42. The van der Waals surface area contributed by atoms with E-state index in [1.165, 1.54) is 12.0 Å². The third-order valence-corrected chi connectivity index (χ3v) is 5.28. The molecule has 2 heteroatoms. The summed E-state index contributed by atoms with van der Waals surface area (Å²) in [7, 11) is 0. The minimum atomic E-state index is 0.240. The van der Waals surface area contributed by atoms with Gasteiger partial charge in [-0.2, -0.15) is 0 Å². The first-order valence-electron chi connectivity index (χ1n) is 7.98. The van der Waals surface area contributed by atoms with Crippen LogP contribution in [0.3, 0.4) is 0 Å². The molecule has 0 aliphatic carbocycles. The molecular weight excluding hydrogens is 244 g/mol. The predicted octanol–water partition coefficient (Wildman–Crippen LogP) is 3.46. The largest absolute Gasteiger partial charge is 0.327 e. The molecular formula is C18H30N2. The molecule has 2 N–H and O–H groups in total. The van der Waals surface area contributed by atoms with Crippen LogP contribution in [-0.2, 0) is 6.42 Å². The summed E-state index contributed by atoms with van der Waals surface area (Å²) in [6.45, 7) is 10.5. The monoisotopic (exact) mass is 274 g/mol. The lowest BCUT2D eigenvalue weighted by molar-refractivity contribution is 0.00725. The Morgan fingerprint density at radius 3 is 2.50 bits per heavy atom. The summed E-state index contributed by atoms with van der Waals surface area (Å²) in [5.74, 6) is 0.583. The SMILES string of the molecule is CC1C(N)CCN(C(C)(C)CCc2ccccc2)C1C. The fourth-order valence-corrected chi connectivity index (χ4v) is 3.49. The molecule has 1 aromatic carbocycles. The molecule has 2 rings (SSSR count). The minimum Gasteiger partial charge on any atom is -0.327 e. The maximum atomic E-state index is 6.21. The Labute approximate surface area is 124 Å². The highest BCUT2D eigenvalue weighted by atomic mass is 15.2. The summed E-state index contributed by atoms with van der Waals surface area (Å²) in [6, 6.07) is 11.8. The number of likely N-dealkylation sites (tertiary alicyclic amines) is 1. The quantitative estimate of drug-likeness (QED) is 0.911. The highest BCUT2D eigenvalue weighted by Gasteiger charge is 2.37. The molecule has 0 aromatic heterocycles. The highest BCUT2D eigenvalue weighted by Crippen LogP contribution is 2.31. The van der Waals surface area contributed by atoms with Crippen molar-refractivity contribution in [3.63, 3.8) is 0 Å². The molecule has 1 aliphatic heterocycles. The standard InChI is InChI=1S/C18H30N2/c1-14-15(2)20(13-11-17(14)19)18(3,4)12-10-16-8-6-5-7-9-16/h5-9,14-15,17H,10-13,19H2,1-4H3. The molecule has 1 heterocycles. The zero-order chi connectivity index (χ0) is 14.8. The summed E-state index contributed by atoms with van der Waals surface area (Å²) in [6.07, 6.45) is 3.47. The number of rotatable bonds is 4. The van der Waals surface area contributed by atoms with E-state index in [-0.39, 0.29) is 5.54 Å². The lowest BCUT2D eigenvalue weighted by Crippen LogP contribution is -2.58. The van der Waals surface area contributed by atoms with Gasteiger partial charge >= 0.3 is 0 Å². The molecule has 2 nitrogen and oxygen atoms in total. The maximum Gasteiger partial charge on any atom is 0.0159 e. The molecule has 1 saturated heterocycles. The van der Waals surface area contributed by atoms with Crippen molar-refractivity contribution >= 4 is 0 Å². The van der Waals surface area contributed by atoms with Crippen LogP contribution in [0.5, 0.6) is 0 Å². The third-order valence-electron chi connectivity index (χ3n) is 5.28. The summed E-state index contributed by atoms with van der Waals surface area (Å²) in [4.78, 5) is 2.67. The van der Waals surface area contributed by atoms with Gasteiger partial charge in [0.05, 0.1) is 0 Å². The molecule has 1 fully saturated rings. The van der Waals surface area contributed by atoms with Gasteiger partial charge in [0.25, 0.3) is 0 Å². The van der Waals surface area contributed by atoms with Crippen molar-refractivity contribution in [2.45, 2.75) is 64.6 Å². The topological polar surface area (TPSA) is 29.3 Å². The van der Waals surface area contributed by atoms with Crippen LogP contribution in [0, 0.1) is 5.92 Å². The van der Waals surface area contributed by atoms with Gasteiger partial charge in [-0.1, -0.05) is 37.3 Å². The van der Waals surface area contributed by atoms with Gasteiger partial charge < -0.3 is 5.73 Å². The van der Waals surface area contributed by atoms with E-state index in [1.54, 1.807) is 0 Å². The number of aryl methyl sites for hydroxylation is 1. The van der Waals surface area contributed by atoms with Crippen LogP contribution in [0.2, 0.25) is 0 Å². The van der Waals surface area contributed by atoms with Crippen molar-refractivity contribution in [2.75, 3.05) is 6.54 Å². The lowest BCUT2D eigenvalue weighted by Gasteiger charge is -2.50. The smallest absolute Gasteiger partial charge is 0.0159 e. The van der Waals surface area contributed by atoms with E-state index in [0.29, 0.717) is 18.0 Å². The molecule has 0 radical (unpaired) electrons. The van der Waals surface area contributed by atoms with E-state index in [2.05, 4.69) is 62.9 Å². The van der Waals surface area contributed by atoms with Gasteiger partial charge in [-0.05, 0) is 51.5 Å². The van der Waals surface area contributed by atoms with E-state index >= 15 is 0 Å². The lowest BCUT2D eigenvalue weighted by atomic mass is 9.82. The molecule has 0 bridgehead atoms. The van der Waals surface area contributed by atoms with Crippen LogP contribution in [-0.4, -0.2) is 29.1 Å². The van der Waals surface area contributed by atoms with E-state index in [1.807, 2.05) is 0 Å². The Balaban J connectivity index is 1.99. The highest BCUT2D eigenvalue weighted by molar-refractivity contribution is 5.15. The number of nitrogens with two attached hydrogens (primary N) is 1. The van der Waals surface area contributed by atoms with Gasteiger partial charge in [-0.3, -0.25) is 4.90 Å². The molecule has 112 valence electrons. The second-order valence-corrected chi connectivity index (χ2v) is 7.04. The predicted molar refractivity (Wildman–Crippen MR) is 86.8 cm³/mol. The molecule has 3 atom stereocenters. The Hall–Kier alpha value is -0.860. The number of benzene rings is 1. The fourth-order valence-electron chi connectivity index (χ4n) is 3.49. The summed E-state index contributed by atoms with van der Waals surface area (Å²) < 4.78 is 0. The van der Waals surface area contributed by atoms with Crippen LogP contribution in [0.25, 0.3) is 0 Å². The van der Waals surface area contributed by atoms with Gasteiger partial charge in [0, 0.05) is 24.2 Å². The van der Waals surface area contributed by atoms with Crippen LogP contribution in [0.1, 0.15) is 46.1 Å². The van der Waals surface area contributed by atoms with Crippen molar-refractivity contribution in [1.82, 2.24) is 4.90 Å². The minimum absolute atomic E-state index is 0.240. The molecule has 0 spiro atoms. The van der Waals surface area contributed by atoms with Gasteiger partial charge in [0.2, 0.25) is 0 Å². The molecule has 1 aromatic rings. The number of nitrogens with zero attached hydrogens (tertiary/aromatic N) is 1.